The van der Waals surface area contributed by atoms with Gasteiger partial charge in [0.15, 0.2) is 6.10 Å². The lowest BCUT2D eigenvalue weighted by Crippen LogP contribution is -2.30. The Morgan fingerprint density at radius 2 is 1.96 bits per heavy atom. The number of hydrogen-bond donors (Lipinski definition) is 3. The average Bonchev–Trinajstić information content (AvgIpc) is 2.63. The number of para-hydroxylation sites is 1. The minimum Gasteiger partial charge on any atom is -0.508 e. The third kappa shape index (κ3) is 5.86. The Morgan fingerprint density at radius 1 is 1.23 bits per heavy atom. The highest BCUT2D eigenvalue weighted by atomic mass is 127. The Morgan fingerprint density at radius 3 is 2.62 bits per heavy atom. The number of phenols is 1. The van der Waals surface area contributed by atoms with Crippen LogP contribution in [0.5, 0.6) is 5.75 Å². The molecular weight excluding hydrogens is 449 g/mol. The van der Waals surface area contributed by atoms with Gasteiger partial charge in [-0.3, -0.25) is 5.32 Å². The van der Waals surface area contributed by atoms with Crippen molar-refractivity contribution in [2.24, 2.45) is 0 Å². The number of benzene rings is 2. The van der Waals surface area contributed by atoms with Crippen LogP contribution in [0, 0.1) is 3.57 Å². The SMILES string of the molecule is CCO[C@H](CCO)[C@H](OC(=O)Nc1ccccc1)c1cc(I)ccc1O. The number of aliphatic hydroxyl groups excluding tert-OH is 1. The quantitative estimate of drug-likeness (QED) is 0.506. The number of carbonyl (C=O) groups excluding carboxylic acids is 1. The molecule has 0 bridgehead atoms. The lowest BCUT2D eigenvalue weighted by Gasteiger charge is -2.27. The Labute approximate surface area is 166 Å². The maximum Gasteiger partial charge on any atom is 0.412 e. The summed E-state index contributed by atoms with van der Waals surface area (Å²) in [4.78, 5) is 12.4. The molecule has 0 aliphatic heterocycles. The molecule has 2 aromatic carbocycles. The zero-order chi connectivity index (χ0) is 18.9. The molecule has 0 spiro atoms. The molecule has 0 saturated heterocycles. The summed E-state index contributed by atoms with van der Waals surface area (Å²) in [5.41, 5.74) is 1.03. The van der Waals surface area contributed by atoms with E-state index in [9.17, 15) is 15.0 Å². The minimum atomic E-state index is -0.861. The van der Waals surface area contributed by atoms with Gasteiger partial charge in [-0.1, -0.05) is 18.2 Å². The smallest absolute Gasteiger partial charge is 0.412 e. The van der Waals surface area contributed by atoms with E-state index in [4.69, 9.17) is 9.47 Å². The van der Waals surface area contributed by atoms with Crippen molar-refractivity contribution >= 4 is 34.4 Å². The number of halogens is 1. The number of nitrogens with one attached hydrogen (secondary N) is 1. The van der Waals surface area contributed by atoms with E-state index in [2.05, 4.69) is 27.9 Å². The highest BCUT2D eigenvalue weighted by Gasteiger charge is 2.30. The van der Waals surface area contributed by atoms with Gasteiger partial charge >= 0.3 is 6.09 Å². The lowest BCUT2D eigenvalue weighted by atomic mass is 10.0. The van der Waals surface area contributed by atoms with Crippen LogP contribution in [-0.4, -0.2) is 35.6 Å². The minimum absolute atomic E-state index is 0.00516. The van der Waals surface area contributed by atoms with Crippen LogP contribution < -0.4 is 5.32 Å². The van der Waals surface area contributed by atoms with Crippen LogP contribution in [0.2, 0.25) is 0 Å². The first-order valence-electron chi connectivity index (χ1n) is 8.28. The second-order valence-corrected chi connectivity index (χ2v) is 6.77. The Hall–Kier alpha value is -1.84. The normalized spacial score (nSPS) is 13.0. The molecule has 0 aliphatic carbocycles. The van der Waals surface area contributed by atoms with E-state index in [-0.39, 0.29) is 18.8 Å². The van der Waals surface area contributed by atoms with Crippen molar-refractivity contribution < 1.29 is 24.5 Å². The molecule has 0 aromatic heterocycles. The highest BCUT2D eigenvalue weighted by Crippen LogP contribution is 2.33. The van der Waals surface area contributed by atoms with Crippen LogP contribution >= 0.6 is 22.6 Å². The van der Waals surface area contributed by atoms with E-state index in [1.807, 2.05) is 13.0 Å². The van der Waals surface area contributed by atoms with Crippen LogP contribution in [0.4, 0.5) is 10.5 Å². The number of ether oxygens (including phenoxy) is 2. The molecule has 2 rings (SSSR count). The summed E-state index contributed by atoms with van der Waals surface area (Å²) >= 11 is 2.12. The Kier molecular flexibility index (Phi) is 8.14. The molecule has 0 radical (unpaired) electrons. The molecule has 0 unspecified atom stereocenters. The van der Waals surface area contributed by atoms with E-state index in [0.29, 0.717) is 17.9 Å². The number of aliphatic hydroxyl groups is 1. The molecule has 3 N–H and O–H groups in total. The van der Waals surface area contributed by atoms with Gasteiger partial charge in [-0.05, 0) is 59.8 Å². The van der Waals surface area contributed by atoms with Crippen molar-refractivity contribution in [3.05, 3.63) is 57.7 Å². The van der Waals surface area contributed by atoms with Gasteiger partial charge in [0.2, 0.25) is 0 Å². The molecule has 1 amide bonds. The standard InChI is InChI=1S/C19H22INO5/c1-2-25-17(10-11-22)18(15-12-13(20)8-9-16(15)23)26-19(24)21-14-6-4-3-5-7-14/h3-9,12,17-18,22-23H,2,10-11H2,1H3,(H,21,24)/t17-,18-/m1/s1. The third-order valence-corrected chi connectivity index (χ3v) is 4.35. The van der Waals surface area contributed by atoms with Gasteiger partial charge < -0.3 is 19.7 Å². The van der Waals surface area contributed by atoms with Crippen molar-refractivity contribution in [1.29, 1.82) is 0 Å². The fourth-order valence-corrected chi connectivity index (χ4v) is 3.06. The maximum absolute atomic E-state index is 12.4. The van der Waals surface area contributed by atoms with Crippen molar-refractivity contribution in [2.45, 2.75) is 25.6 Å². The van der Waals surface area contributed by atoms with E-state index in [1.165, 1.54) is 0 Å². The molecule has 2 atom stereocenters. The number of carbonyl (C=O) groups is 1. The van der Waals surface area contributed by atoms with Crippen molar-refractivity contribution in [3.63, 3.8) is 0 Å². The molecule has 7 heteroatoms. The summed E-state index contributed by atoms with van der Waals surface area (Å²) in [6.07, 6.45) is -1.85. The van der Waals surface area contributed by atoms with E-state index < -0.39 is 18.3 Å². The molecule has 0 aliphatic rings. The molecule has 2 aromatic rings. The fourth-order valence-electron chi connectivity index (χ4n) is 2.54. The van der Waals surface area contributed by atoms with Crippen molar-refractivity contribution in [3.8, 4) is 5.75 Å². The van der Waals surface area contributed by atoms with E-state index >= 15 is 0 Å². The fraction of sp³-hybridized carbons (Fsp3) is 0.316. The second kappa shape index (κ2) is 10.3. The number of rotatable bonds is 8. The first-order valence-corrected chi connectivity index (χ1v) is 9.36. The number of phenolic OH excluding ortho intramolecular Hbond substituents is 1. The highest BCUT2D eigenvalue weighted by molar-refractivity contribution is 14.1. The Balaban J connectivity index is 2.27. The average molecular weight is 471 g/mol. The van der Waals surface area contributed by atoms with E-state index in [1.54, 1.807) is 42.5 Å². The number of aromatic hydroxyl groups is 1. The van der Waals surface area contributed by atoms with Crippen LogP contribution in [0.3, 0.4) is 0 Å². The number of hydrogen-bond acceptors (Lipinski definition) is 5. The summed E-state index contributed by atoms with van der Waals surface area (Å²) in [7, 11) is 0. The van der Waals surface area contributed by atoms with Crippen LogP contribution in [-0.2, 0) is 9.47 Å². The molecule has 0 saturated carbocycles. The second-order valence-electron chi connectivity index (χ2n) is 5.53. The van der Waals surface area contributed by atoms with Crippen molar-refractivity contribution in [2.75, 3.05) is 18.5 Å². The monoisotopic (exact) mass is 471 g/mol. The van der Waals surface area contributed by atoms with Gasteiger partial charge in [0.05, 0.1) is 0 Å². The number of amides is 1. The summed E-state index contributed by atoms with van der Waals surface area (Å²) in [6.45, 7) is 2.07. The van der Waals surface area contributed by atoms with E-state index in [0.717, 1.165) is 3.57 Å². The third-order valence-electron chi connectivity index (χ3n) is 3.68. The molecule has 26 heavy (non-hydrogen) atoms. The predicted octanol–water partition coefficient (Wildman–Crippen LogP) is 4.07. The van der Waals surface area contributed by atoms with Gasteiger partial charge in [0.25, 0.3) is 0 Å². The molecule has 0 heterocycles. The van der Waals surface area contributed by atoms with Crippen LogP contribution in [0.1, 0.15) is 25.0 Å². The molecule has 140 valence electrons. The Bertz CT molecular complexity index is 704. The summed E-state index contributed by atoms with van der Waals surface area (Å²) < 4.78 is 12.1. The largest absolute Gasteiger partial charge is 0.508 e. The first-order chi connectivity index (χ1) is 12.5. The molecule has 0 fully saturated rings. The van der Waals surface area contributed by atoms with Crippen LogP contribution in [0.25, 0.3) is 0 Å². The summed E-state index contributed by atoms with van der Waals surface area (Å²) in [5.74, 6) is 0.00516. The first kappa shape index (κ1) is 20.5. The zero-order valence-corrected chi connectivity index (χ0v) is 16.5. The van der Waals surface area contributed by atoms with Gasteiger partial charge in [-0.25, -0.2) is 4.79 Å². The molecular formula is C19H22INO5. The van der Waals surface area contributed by atoms with Crippen LogP contribution in [0.15, 0.2) is 48.5 Å². The van der Waals surface area contributed by atoms with Gasteiger partial charge in [-0.15, -0.1) is 0 Å². The van der Waals surface area contributed by atoms with Gasteiger partial charge in [0, 0.05) is 34.5 Å². The van der Waals surface area contributed by atoms with Gasteiger partial charge in [0.1, 0.15) is 11.9 Å². The zero-order valence-electron chi connectivity index (χ0n) is 14.4. The maximum atomic E-state index is 12.4. The predicted molar refractivity (Wildman–Crippen MR) is 107 cm³/mol. The summed E-state index contributed by atoms with van der Waals surface area (Å²) in [5, 5.41) is 22.3. The lowest BCUT2D eigenvalue weighted by molar-refractivity contribution is -0.0491. The topological polar surface area (TPSA) is 88.0 Å². The molecule has 6 nitrogen and oxygen atoms in total. The summed E-state index contributed by atoms with van der Waals surface area (Å²) in [6, 6.07) is 14.0. The van der Waals surface area contributed by atoms with Gasteiger partial charge in [-0.2, -0.15) is 0 Å². The number of anilines is 1. The van der Waals surface area contributed by atoms with Crippen molar-refractivity contribution in [1.82, 2.24) is 0 Å².